The van der Waals surface area contributed by atoms with E-state index in [4.69, 9.17) is 5.11 Å². The first kappa shape index (κ1) is 11.1. The van der Waals surface area contributed by atoms with Crippen LogP contribution in [0.4, 0.5) is 11.4 Å². The number of aromatic carboxylic acids is 1. The molecule has 1 aliphatic heterocycles. The predicted octanol–water partition coefficient (Wildman–Crippen LogP) is 2.06. The molecule has 0 saturated heterocycles. The van der Waals surface area contributed by atoms with Crippen LogP contribution >= 0.6 is 0 Å². The van der Waals surface area contributed by atoms with Crippen LogP contribution < -0.4 is 10.6 Å². The number of benzene rings is 1. The summed E-state index contributed by atoms with van der Waals surface area (Å²) >= 11 is 0. The molecule has 5 heteroatoms. The zero-order valence-corrected chi connectivity index (χ0v) is 9.82. The van der Waals surface area contributed by atoms with Crippen molar-refractivity contribution in [2.45, 2.75) is 31.2 Å². The highest BCUT2D eigenvalue weighted by atomic mass is 16.4. The lowest BCUT2D eigenvalue weighted by Crippen LogP contribution is -2.46. The normalized spacial score (nSPS) is 20.1. The molecule has 0 atom stereocenters. The molecule has 0 radical (unpaired) electrons. The lowest BCUT2D eigenvalue weighted by molar-refractivity contribution is -0.117. The molecule has 1 saturated carbocycles. The second-order valence-electron chi connectivity index (χ2n) is 5.05. The van der Waals surface area contributed by atoms with Gasteiger partial charge in [-0.05, 0) is 37.5 Å². The Morgan fingerprint density at radius 1 is 1.28 bits per heavy atom. The van der Waals surface area contributed by atoms with Crippen molar-refractivity contribution in [3.63, 3.8) is 0 Å². The summed E-state index contributed by atoms with van der Waals surface area (Å²) in [6.45, 7) is 0. The van der Waals surface area contributed by atoms with Gasteiger partial charge in [0.15, 0.2) is 0 Å². The second-order valence-corrected chi connectivity index (χ2v) is 5.05. The van der Waals surface area contributed by atoms with Crippen LogP contribution in [-0.4, -0.2) is 22.5 Å². The highest BCUT2D eigenvalue weighted by Crippen LogP contribution is 2.42. The maximum absolute atomic E-state index is 11.8. The summed E-state index contributed by atoms with van der Waals surface area (Å²) in [5, 5.41) is 15.2. The molecule has 0 bridgehead atoms. The maximum atomic E-state index is 11.8. The number of anilines is 2. The average Bonchev–Trinajstić information content (AvgIpc) is 2.42. The van der Waals surface area contributed by atoms with Gasteiger partial charge < -0.3 is 15.7 Å². The van der Waals surface area contributed by atoms with E-state index in [2.05, 4.69) is 10.6 Å². The molecular formula is C13H14N2O3. The minimum Gasteiger partial charge on any atom is -0.478 e. The van der Waals surface area contributed by atoms with Crippen molar-refractivity contribution < 1.29 is 14.7 Å². The van der Waals surface area contributed by atoms with Crippen molar-refractivity contribution in [3.8, 4) is 0 Å². The number of fused-ring (bicyclic) bond motifs is 1. The van der Waals surface area contributed by atoms with Crippen LogP contribution in [0.15, 0.2) is 18.2 Å². The van der Waals surface area contributed by atoms with E-state index in [0.29, 0.717) is 17.8 Å². The summed E-state index contributed by atoms with van der Waals surface area (Å²) in [4.78, 5) is 22.8. The summed E-state index contributed by atoms with van der Waals surface area (Å²) < 4.78 is 0. The van der Waals surface area contributed by atoms with Gasteiger partial charge in [-0.3, -0.25) is 4.79 Å². The van der Waals surface area contributed by atoms with Gasteiger partial charge in [-0.25, -0.2) is 4.79 Å². The number of hydrogen-bond acceptors (Lipinski definition) is 3. The maximum Gasteiger partial charge on any atom is 0.335 e. The van der Waals surface area contributed by atoms with E-state index in [0.717, 1.165) is 19.3 Å². The zero-order chi connectivity index (χ0) is 12.8. The molecule has 94 valence electrons. The predicted molar refractivity (Wildman–Crippen MR) is 66.9 cm³/mol. The molecule has 1 aromatic rings. The first-order chi connectivity index (χ1) is 8.58. The van der Waals surface area contributed by atoms with Crippen molar-refractivity contribution in [2.75, 3.05) is 10.6 Å². The third-order valence-electron chi connectivity index (χ3n) is 3.75. The summed E-state index contributed by atoms with van der Waals surface area (Å²) in [5.74, 6) is -0.971. The van der Waals surface area contributed by atoms with Crippen LogP contribution in [0.1, 0.15) is 36.0 Å². The minimum absolute atomic E-state index is 0.0102. The lowest BCUT2D eigenvalue weighted by Gasteiger charge is -2.41. The van der Waals surface area contributed by atoms with Gasteiger partial charge in [0.25, 0.3) is 0 Å². The molecule has 18 heavy (non-hydrogen) atoms. The standard InChI is InChI=1S/C13H14N2O3/c16-11-7-13(4-1-5-13)15-10-6-8(12(17)18)2-3-9(10)14-11/h2-3,6,15H,1,4-5,7H2,(H,14,16)(H,17,18). The van der Waals surface area contributed by atoms with Gasteiger partial charge >= 0.3 is 5.97 Å². The summed E-state index contributed by atoms with van der Waals surface area (Å²) in [6.07, 6.45) is 3.46. The molecule has 1 amide bonds. The van der Waals surface area contributed by atoms with Crippen LogP contribution in [0.2, 0.25) is 0 Å². The molecule has 3 rings (SSSR count). The minimum atomic E-state index is -0.960. The fourth-order valence-electron chi connectivity index (χ4n) is 2.63. The van der Waals surface area contributed by atoms with Crippen molar-refractivity contribution in [1.82, 2.24) is 0 Å². The van der Waals surface area contributed by atoms with E-state index in [1.807, 2.05) is 0 Å². The van der Waals surface area contributed by atoms with Gasteiger partial charge in [0.1, 0.15) is 0 Å². The largest absolute Gasteiger partial charge is 0.478 e. The Labute approximate surface area is 104 Å². The molecule has 1 aromatic carbocycles. The average molecular weight is 246 g/mol. The molecule has 1 spiro atoms. The molecule has 0 aromatic heterocycles. The SMILES string of the molecule is O=C1CC2(CCC2)Nc2cc(C(=O)O)ccc2N1. The van der Waals surface area contributed by atoms with Gasteiger partial charge in [-0.1, -0.05) is 0 Å². The number of nitrogens with one attached hydrogen (secondary N) is 2. The quantitative estimate of drug-likeness (QED) is 0.708. The second kappa shape index (κ2) is 3.73. The monoisotopic (exact) mass is 246 g/mol. The summed E-state index contributed by atoms with van der Waals surface area (Å²) in [6, 6.07) is 4.73. The van der Waals surface area contributed by atoms with Gasteiger partial charge in [0.05, 0.1) is 16.9 Å². The Morgan fingerprint density at radius 3 is 2.67 bits per heavy atom. The third-order valence-corrected chi connectivity index (χ3v) is 3.75. The number of carbonyl (C=O) groups excluding carboxylic acids is 1. The van der Waals surface area contributed by atoms with Crippen LogP contribution in [-0.2, 0) is 4.79 Å². The number of carbonyl (C=O) groups is 2. The van der Waals surface area contributed by atoms with E-state index >= 15 is 0 Å². The molecule has 1 heterocycles. The molecule has 0 unspecified atom stereocenters. The number of rotatable bonds is 1. The smallest absolute Gasteiger partial charge is 0.335 e. The molecule has 3 N–H and O–H groups in total. The number of carboxylic acids is 1. The number of carboxylic acid groups (broad SMARTS) is 1. The van der Waals surface area contributed by atoms with Crippen LogP contribution in [0, 0.1) is 0 Å². The Morgan fingerprint density at radius 2 is 2.06 bits per heavy atom. The first-order valence-corrected chi connectivity index (χ1v) is 6.03. The highest BCUT2D eigenvalue weighted by molar-refractivity contribution is 5.99. The van der Waals surface area contributed by atoms with E-state index in [-0.39, 0.29) is 17.0 Å². The summed E-state index contributed by atoms with van der Waals surface area (Å²) in [7, 11) is 0. The Hall–Kier alpha value is -2.04. The van der Waals surface area contributed by atoms with Crippen LogP contribution in [0.5, 0.6) is 0 Å². The van der Waals surface area contributed by atoms with Crippen molar-refractivity contribution in [1.29, 1.82) is 0 Å². The topological polar surface area (TPSA) is 78.4 Å². The van der Waals surface area contributed by atoms with E-state index < -0.39 is 5.97 Å². The molecule has 1 fully saturated rings. The third kappa shape index (κ3) is 1.72. The number of amides is 1. The highest BCUT2D eigenvalue weighted by Gasteiger charge is 2.41. The van der Waals surface area contributed by atoms with Crippen LogP contribution in [0.3, 0.4) is 0 Å². The summed E-state index contributed by atoms with van der Waals surface area (Å²) in [5.41, 5.74) is 1.42. The molecule has 1 aliphatic carbocycles. The first-order valence-electron chi connectivity index (χ1n) is 6.03. The fourth-order valence-corrected chi connectivity index (χ4v) is 2.63. The molecular weight excluding hydrogens is 232 g/mol. The molecule has 2 aliphatic rings. The molecule has 5 nitrogen and oxygen atoms in total. The van der Waals surface area contributed by atoms with Gasteiger partial charge in [0, 0.05) is 12.0 Å². The van der Waals surface area contributed by atoms with Gasteiger partial charge in [-0.15, -0.1) is 0 Å². The van der Waals surface area contributed by atoms with Gasteiger partial charge in [-0.2, -0.15) is 0 Å². The lowest BCUT2D eigenvalue weighted by atomic mass is 9.74. The van der Waals surface area contributed by atoms with Crippen LogP contribution in [0.25, 0.3) is 0 Å². The van der Waals surface area contributed by atoms with E-state index in [1.54, 1.807) is 12.1 Å². The van der Waals surface area contributed by atoms with Crippen molar-refractivity contribution in [2.24, 2.45) is 0 Å². The number of hydrogen-bond donors (Lipinski definition) is 3. The van der Waals surface area contributed by atoms with Gasteiger partial charge in [0.2, 0.25) is 5.91 Å². The van der Waals surface area contributed by atoms with Crippen molar-refractivity contribution >= 4 is 23.3 Å². The van der Waals surface area contributed by atoms with E-state index in [9.17, 15) is 9.59 Å². The Balaban J connectivity index is 2.02. The fraction of sp³-hybridized carbons (Fsp3) is 0.385. The van der Waals surface area contributed by atoms with E-state index in [1.165, 1.54) is 6.07 Å². The Bertz CT molecular complexity index is 535. The zero-order valence-electron chi connectivity index (χ0n) is 9.82. The van der Waals surface area contributed by atoms with Crippen molar-refractivity contribution in [3.05, 3.63) is 23.8 Å². The Kier molecular flexibility index (Phi) is 2.29.